The number of benzene rings is 1. The molecule has 0 saturated carbocycles. The minimum absolute atomic E-state index is 0.0440. The molecule has 1 aromatic rings. The normalized spacial score (nSPS) is 16.6. The minimum atomic E-state index is -0.876. The van der Waals surface area contributed by atoms with Gasteiger partial charge in [0.05, 0.1) is 16.9 Å². The molecule has 0 aliphatic carbocycles. The maximum atomic E-state index is 13.4. The second-order valence-electron chi connectivity index (χ2n) is 5.14. The number of rotatable bonds is 4. The number of nitro benzene ring substituents is 1. The first-order valence-electron chi connectivity index (χ1n) is 6.23. The number of aliphatic carboxylic acids is 1. The maximum absolute atomic E-state index is 13.4. The highest BCUT2D eigenvalue weighted by Gasteiger charge is 2.37. The van der Waals surface area contributed by atoms with Gasteiger partial charge in [0, 0.05) is 19.0 Å². The van der Waals surface area contributed by atoms with Crippen molar-refractivity contribution in [3.8, 4) is 0 Å². The largest absolute Gasteiger partial charge is 0.481 e. The average molecular weight is 282 g/mol. The Bertz CT molecular complexity index is 570. The van der Waals surface area contributed by atoms with Gasteiger partial charge in [-0.05, 0) is 18.6 Å². The van der Waals surface area contributed by atoms with Crippen LogP contribution in [0, 0.1) is 34.7 Å². The van der Waals surface area contributed by atoms with E-state index in [9.17, 15) is 19.3 Å². The van der Waals surface area contributed by atoms with E-state index in [0.717, 1.165) is 6.07 Å². The predicted octanol–water partition coefficient (Wildman–Crippen LogP) is 2.20. The summed E-state index contributed by atoms with van der Waals surface area (Å²) < 4.78 is 13.4. The molecule has 1 unspecified atom stereocenters. The zero-order valence-corrected chi connectivity index (χ0v) is 11.2. The topological polar surface area (TPSA) is 83.7 Å². The Hall–Kier alpha value is -2.18. The number of carboxylic acids is 1. The van der Waals surface area contributed by atoms with Crippen LogP contribution < -0.4 is 4.90 Å². The predicted molar refractivity (Wildman–Crippen MR) is 70.3 cm³/mol. The van der Waals surface area contributed by atoms with Gasteiger partial charge >= 0.3 is 5.97 Å². The molecule has 7 heteroatoms. The molecule has 1 N–H and O–H groups in total. The van der Waals surface area contributed by atoms with Crippen LogP contribution in [0.5, 0.6) is 0 Å². The maximum Gasteiger partial charge on any atom is 0.306 e. The lowest BCUT2D eigenvalue weighted by Gasteiger charge is -2.42. The molecule has 2 rings (SSSR count). The molecular formula is C13H15FN2O4. The van der Waals surface area contributed by atoms with E-state index >= 15 is 0 Å². The van der Waals surface area contributed by atoms with Gasteiger partial charge in [-0.3, -0.25) is 14.9 Å². The molecule has 0 spiro atoms. The molecule has 1 atom stereocenters. The van der Waals surface area contributed by atoms with E-state index in [0.29, 0.717) is 24.3 Å². The molecule has 0 amide bonds. The second kappa shape index (κ2) is 5.07. The molecule has 1 saturated heterocycles. The molecule has 1 aromatic carbocycles. The van der Waals surface area contributed by atoms with Crippen molar-refractivity contribution >= 4 is 17.3 Å². The Morgan fingerprint density at radius 1 is 1.55 bits per heavy atom. The molecule has 1 fully saturated rings. The summed E-state index contributed by atoms with van der Waals surface area (Å²) in [5.74, 6) is -2.03. The fraction of sp³-hybridized carbons (Fsp3) is 0.462. The Kier molecular flexibility index (Phi) is 3.61. The van der Waals surface area contributed by atoms with E-state index in [1.54, 1.807) is 18.7 Å². The molecule has 1 aliphatic rings. The van der Waals surface area contributed by atoms with Crippen molar-refractivity contribution < 1.29 is 19.2 Å². The lowest BCUT2D eigenvalue weighted by atomic mass is 9.86. The quantitative estimate of drug-likeness (QED) is 0.676. The van der Waals surface area contributed by atoms with Crippen molar-refractivity contribution in [1.82, 2.24) is 0 Å². The number of aryl methyl sites for hydroxylation is 1. The Labute approximate surface area is 115 Å². The first-order valence-corrected chi connectivity index (χ1v) is 6.23. The lowest BCUT2D eigenvalue weighted by molar-refractivity contribution is -0.384. The van der Waals surface area contributed by atoms with Gasteiger partial charge in [-0.15, -0.1) is 0 Å². The van der Waals surface area contributed by atoms with Gasteiger partial charge in [-0.2, -0.15) is 0 Å². The highest BCUT2D eigenvalue weighted by atomic mass is 19.1. The van der Waals surface area contributed by atoms with Crippen LogP contribution in [0.2, 0.25) is 0 Å². The van der Waals surface area contributed by atoms with Gasteiger partial charge in [-0.25, -0.2) is 4.39 Å². The highest BCUT2D eigenvalue weighted by Crippen LogP contribution is 2.36. The Morgan fingerprint density at radius 3 is 2.65 bits per heavy atom. The SMILES string of the molecule is Cc1cc(N2CC(C(C)C(=O)O)C2)c([N+](=O)[O-])cc1F. The summed E-state index contributed by atoms with van der Waals surface area (Å²) in [6, 6.07) is 2.35. The van der Waals surface area contributed by atoms with E-state index < -0.39 is 22.6 Å². The number of nitrogens with zero attached hydrogens (tertiary/aromatic N) is 2. The third kappa shape index (κ3) is 2.43. The minimum Gasteiger partial charge on any atom is -0.481 e. The van der Waals surface area contributed by atoms with Gasteiger partial charge in [0.1, 0.15) is 11.5 Å². The molecule has 0 radical (unpaired) electrons. The van der Waals surface area contributed by atoms with Crippen molar-refractivity contribution in [3.63, 3.8) is 0 Å². The van der Waals surface area contributed by atoms with Gasteiger partial charge in [0.2, 0.25) is 0 Å². The van der Waals surface area contributed by atoms with Crippen LogP contribution in [0.1, 0.15) is 12.5 Å². The second-order valence-corrected chi connectivity index (χ2v) is 5.14. The van der Waals surface area contributed by atoms with Gasteiger partial charge in [0.25, 0.3) is 5.69 Å². The zero-order valence-electron chi connectivity index (χ0n) is 11.2. The number of hydrogen-bond acceptors (Lipinski definition) is 4. The van der Waals surface area contributed by atoms with Gasteiger partial charge in [-0.1, -0.05) is 6.92 Å². The van der Waals surface area contributed by atoms with E-state index in [1.165, 1.54) is 6.07 Å². The molecule has 108 valence electrons. The number of halogens is 1. The molecule has 20 heavy (non-hydrogen) atoms. The van der Waals surface area contributed by atoms with E-state index in [1.807, 2.05) is 0 Å². The molecular weight excluding hydrogens is 267 g/mol. The van der Waals surface area contributed by atoms with Crippen molar-refractivity contribution in [1.29, 1.82) is 0 Å². The van der Waals surface area contributed by atoms with Crippen LogP contribution in [0.4, 0.5) is 15.8 Å². The van der Waals surface area contributed by atoms with Crippen molar-refractivity contribution in [2.75, 3.05) is 18.0 Å². The van der Waals surface area contributed by atoms with Gasteiger partial charge < -0.3 is 10.0 Å². The third-order valence-electron chi connectivity index (χ3n) is 3.80. The summed E-state index contributed by atoms with van der Waals surface area (Å²) in [6.45, 7) is 4.02. The number of anilines is 1. The van der Waals surface area contributed by atoms with Crippen LogP contribution in [0.25, 0.3) is 0 Å². The summed E-state index contributed by atoms with van der Waals surface area (Å²) in [7, 11) is 0. The van der Waals surface area contributed by atoms with Crippen LogP contribution in [0.15, 0.2) is 12.1 Å². The van der Waals surface area contributed by atoms with E-state index in [4.69, 9.17) is 5.11 Å². The van der Waals surface area contributed by atoms with E-state index in [2.05, 4.69) is 0 Å². The third-order valence-corrected chi connectivity index (χ3v) is 3.80. The molecule has 1 aliphatic heterocycles. The number of carbonyl (C=O) groups is 1. The fourth-order valence-electron chi connectivity index (χ4n) is 2.28. The van der Waals surface area contributed by atoms with Crippen LogP contribution >= 0.6 is 0 Å². The monoisotopic (exact) mass is 282 g/mol. The van der Waals surface area contributed by atoms with Gasteiger partial charge in [0.15, 0.2) is 0 Å². The summed E-state index contributed by atoms with van der Waals surface area (Å²) in [5.41, 5.74) is 0.401. The molecule has 6 nitrogen and oxygen atoms in total. The molecule has 0 bridgehead atoms. The number of hydrogen-bond donors (Lipinski definition) is 1. The molecule has 0 aromatic heterocycles. The number of nitro groups is 1. The van der Waals surface area contributed by atoms with Crippen LogP contribution in [-0.2, 0) is 4.79 Å². The average Bonchev–Trinajstić information content (AvgIpc) is 2.30. The summed E-state index contributed by atoms with van der Waals surface area (Å²) >= 11 is 0. The first-order chi connectivity index (χ1) is 9.31. The zero-order chi connectivity index (χ0) is 15.0. The standard InChI is InChI=1S/C13H15FN2O4/c1-7-3-11(12(16(19)20)4-10(7)14)15-5-9(6-15)8(2)13(17)18/h3-4,8-9H,5-6H2,1-2H3,(H,17,18). The van der Waals surface area contributed by atoms with Crippen molar-refractivity contribution in [2.24, 2.45) is 11.8 Å². The van der Waals surface area contributed by atoms with Crippen LogP contribution in [-0.4, -0.2) is 29.1 Å². The lowest BCUT2D eigenvalue weighted by Crippen LogP contribution is -2.51. The first kappa shape index (κ1) is 14.2. The summed E-state index contributed by atoms with van der Waals surface area (Å²) in [5, 5.41) is 19.9. The van der Waals surface area contributed by atoms with Crippen LogP contribution in [0.3, 0.4) is 0 Å². The van der Waals surface area contributed by atoms with Crippen molar-refractivity contribution in [3.05, 3.63) is 33.6 Å². The smallest absolute Gasteiger partial charge is 0.306 e. The summed E-state index contributed by atoms with van der Waals surface area (Å²) in [4.78, 5) is 22.9. The molecule has 1 heterocycles. The van der Waals surface area contributed by atoms with E-state index in [-0.39, 0.29) is 11.6 Å². The Balaban J connectivity index is 2.21. The fourth-order valence-corrected chi connectivity index (χ4v) is 2.28. The Morgan fingerprint density at radius 2 is 2.15 bits per heavy atom. The number of carboxylic acid groups (broad SMARTS) is 1. The highest BCUT2D eigenvalue weighted by molar-refractivity contribution is 5.72. The summed E-state index contributed by atoms with van der Waals surface area (Å²) in [6.07, 6.45) is 0. The van der Waals surface area contributed by atoms with Crippen molar-refractivity contribution in [2.45, 2.75) is 13.8 Å².